The molecule has 0 N–H and O–H groups in total. The van der Waals surface area contributed by atoms with Gasteiger partial charge in [0.15, 0.2) is 0 Å². The highest BCUT2D eigenvalue weighted by Gasteiger charge is 2.34. The van der Waals surface area contributed by atoms with E-state index in [2.05, 4.69) is 4.74 Å². The first-order valence-corrected chi connectivity index (χ1v) is 6.31. The maximum Gasteiger partial charge on any atom is 0.446 e. The monoisotopic (exact) mass is 325 g/mol. The molecule has 0 aliphatic heterocycles. The molecule has 1 aromatic rings. The minimum Gasteiger partial charge on any atom is -0.462 e. The van der Waals surface area contributed by atoms with Crippen LogP contribution in [0.25, 0.3) is 0 Å². The lowest BCUT2D eigenvalue weighted by atomic mass is 10.0. The number of benzene rings is 1. The first-order valence-electron chi connectivity index (χ1n) is 5.49. The van der Waals surface area contributed by atoms with Crippen LogP contribution in [0.1, 0.15) is 34.8 Å². The summed E-state index contributed by atoms with van der Waals surface area (Å²) in [5.74, 6) is -1.04. The number of nitrogens with zero attached hydrogens (tertiary/aromatic N) is 1. The van der Waals surface area contributed by atoms with E-state index in [9.17, 15) is 26.7 Å². The van der Waals surface area contributed by atoms with E-state index in [1.165, 1.54) is 13.0 Å². The Morgan fingerprint density at radius 1 is 1.43 bits per heavy atom. The van der Waals surface area contributed by atoms with Crippen molar-refractivity contribution in [2.24, 2.45) is 0 Å². The third-order valence-electron chi connectivity index (χ3n) is 2.26. The molecule has 0 aliphatic carbocycles. The highest BCUT2D eigenvalue weighted by Crippen LogP contribution is 2.43. The molecule has 9 heteroatoms. The molecule has 0 spiro atoms. The van der Waals surface area contributed by atoms with E-state index in [0.717, 1.165) is 12.1 Å². The van der Waals surface area contributed by atoms with Crippen LogP contribution in [0.5, 0.6) is 0 Å². The van der Waals surface area contributed by atoms with Gasteiger partial charge in [0.2, 0.25) is 0 Å². The van der Waals surface area contributed by atoms with Gasteiger partial charge in [0.05, 0.1) is 23.3 Å². The standard InChI is InChI=1S/C12H8F5NO2S/c1-2-20-11(19)6-3-4-8(21-12(15,16)17)9(10(13)14)7(6)5-18/h3-4,10H,2H2,1H3. The van der Waals surface area contributed by atoms with Crippen molar-refractivity contribution < 1.29 is 31.5 Å². The fourth-order valence-corrected chi connectivity index (χ4v) is 2.22. The molecular formula is C12H8F5NO2S. The lowest BCUT2D eigenvalue weighted by Gasteiger charge is -2.14. The Kier molecular flexibility index (Phi) is 5.54. The molecule has 3 nitrogen and oxygen atoms in total. The van der Waals surface area contributed by atoms with Crippen molar-refractivity contribution in [2.75, 3.05) is 6.61 Å². The summed E-state index contributed by atoms with van der Waals surface area (Å²) in [6, 6.07) is 2.95. The number of rotatable bonds is 4. The molecular weight excluding hydrogens is 317 g/mol. The Labute approximate surface area is 120 Å². The summed E-state index contributed by atoms with van der Waals surface area (Å²) in [6.45, 7) is 1.40. The van der Waals surface area contributed by atoms with E-state index in [0.29, 0.717) is 0 Å². The number of alkyl halides is 5. The molecule has 0 amide bonds. The summed E-state index contributed by atoms with van der Waals surface area (Å²) in [6.07, 6.45) is -3.33. The average Bonchev–Trinajstić information content (AvgIpc) is 2.35. The topological polar surface area (TPSA) is 50.1 Å². The van der Waals surface area contributed by atoms with Crippen LogP contribution < -0.4 is 0 Å². The zero-order valence-corrected chi connectivity index (χ0v) is 11.3. The molecule has 0 radical (unpaired) electrons. The minimum absolute atomic E-state index is 0.0627. The summed E-state index contributed by atoms with van der Waals surface area (Å²) in [7, 11) is 0. The first kappa shape index (κ1) is 17.2. The Morgan fingerprint density at radius 2 is 2.05 bits per heavy atom. The number of carbonyl (C=O) groups is 1. The van der Waals surface area contributed by atoms with Gasteiger partial charge in [-0.25, -0.2) is 13.6 Å². The van der Waals surface area contributed by atoms with Crippen molar-refractivity contribution >= 4 is 17.7 Å². The smallest absolute Gasteiger partial charge is 0.446 e. The number of thioether (sulfide) groups is 1. The first-order chi connectivity index (χ1) is 9.71. The molecule has 0 bridgehead atoms. The second-order valence-corrected chi connectivity index (χ2v) is 4.69. The second kappa shape index (κ2) is 6.76. The van der Waals surface area contributed by atoms with Crippen molar-refractivity contribution in [3.63, 3.8) is 0 Å². The SMILES string of the molecule is CCOC(=O)c1ccc(SC(F)(F)F)c(C(F)F)c1C#N. The van der Waals surface area contributed by atoms with Crippen LogP contribution in [-0.2, 0) is 4.74 Å². The molecule has 0 heterocycles. The summed E-state index contributed by atoms with van der Waals surface area (Å²) < 4.78 is 67.6. The molecule has 0 aromatic heterocycles. The molecule has 114 valence electrons. The number of hydrogen-bond donors (Lipinski definition) is 0. The highest BCUT2D eigenvalue weighted by molar-refractivity contribution is 8.00. The van der Waals surface area contributed by atoms with E-state index < -0.39 is 51.3 Å². The molecule has 0 atom stereocenters. The van der Waals surface area contributed by atoms with E-state index in [4.69, 9.17) is 5.26 Å². The van der Waals surface area contributed by atoms with Gasteiger partial charge < -0.3 is 4.74 Å². The van der Waals surface area contributed by atoms with Gasteiger partial charge >= 0.3 is 11.5 Å². The van der Waals surface area contributed by atoms with Crippen LogP contribution >= 0.6 is 11.8 Å². The Balaban J connectivity index is 3.46. The van der Waals surface area contributed by atoms with Crippen molar-refractivity contribution in [1.29, 1.82) is 5.26 Å². The van der Waals surface area contributed by atoms with Crippen molar-refractivity contribution in [3.05, 3.63) is 28.8 Å². The van der Waals surface area contributed by atoms with Gasteiger partial charge in [-0.15, -0.1) is 0 Å². The maximum absolute atomic E-state index is 13.0. The fourth-order valence-electron chi connectivity index (χ4n) is 1.53. The van der Waals surface area contributed by atoms with Gasteiger partial charge in [0.25, 0.3) is 6.43 Å². The van der Waals surface area contributed by atoms with Gasteiger partial charge in [-0.05, 0) is 30.8 Å². The van der Waals surface area contributed by atoms with Gasteiger partial charge in [0.1, 0.15) is 6.07 Å². The normalized spacial score (nSPS) is 11.3. The third kappa shape index (κ3) is 4.32. The predicted octanol–water partition coefficient (Wildman–Crippen LogP) is 4.28. The van der Waals surface area contributed by atoms with E-state index in [1.807, 2.05) is 0 Å². The molecule has 1 aromatic carbocycles. The zero-order valence-electron chi connectivity index (χ0n) is 10.5. The molecule has 0 aliphatic rings. The van der Waals surface area contributed by atoms with Gasteiger partial charge in [-0.1, -0.05) is 0 Å². The molecule has 0 unspecified atom stereocenters. The van der Waals surface area contributed by atoms with Gasteiger partial charge in [0, 0.05) is 4.90 Å². The summed E-state index contributed by atoms with van der Waals surface area (Å²) in [5, 5.41) is 8.91. The van der Waals surface area contributed by atoms with Crippen molar-refractivity contribution in [2.45, 2.75) is 23.8 Å². The number of carbonyl (C=O) groups excluding carboxylic acids is 1. The molecule has 21 heavy (non-hydrogen) atoms. The lowest BCUT2D eigenvalue weighted by Crippen LogP contribution is -2.11. The second-order valence-electron chi connectivity index (χ2n) is 3.58. The Morgan fingerprint density at radius 3 is 2.48 bits per heavy atom. The summed E-state index contributed by atoms with van der Waals surface area (Å²) >= 11 is -0.764. The van der Waals surface area contributed by atoms with Crippen molar-refractivity contribution in [3.8, 4) is 6.07 Å². The molecule has 0 fully saturated rings. The highest BCUT2D eigenvalue weighted by atomic mass is 32.2. The molecule has 0 saturated carbocycles. The Bertz CT molecular complexity index is 580. The molecule has 1 rings (SSSR count). The average molecular weight is 325 g/mol. The van der Waals surface area contributed by atoms with E-state index >= 15 is 0 Å². The van der Waals surface area contributed by atoms with Gasteiger partial charge in [-0.3, -0.25) is 0 Å². The quantitative estimate of drug-likeness (QED) is 0.471. The summed E-state index contributed by atoms with van der Waals surface area (Å²) in [5.41, 5.74) is -7.20. The van der Waals surface area contributed by atoms with Crippen LogP contribution in [0.2, 0.25) is 0 Å². The number of halogens is 5. The van der Waals surface area contributed by atoms with E-state index in [1.54, 1.807) is 0 Å². The third-order valence-corrected chi connectivity index (χ3v) is 3.06. The van der Waals surface area contributed by atoms with Gasteiger partial charge in [-0.2, -0.15) is 18.4 Å². The maximum atomic E-state index is 13.0. The van der Waals surface area contributed by atoms with Crippen LogP contribution in [0.4, 0.5) is 22.0 Å². The van der Waals surface area contributed by atoms with E-state index in [-0.39, 0.29) is 6.61 Å². The number of esters is 1. The fraction of sp³-hybridized carbons (Fsp3) is 0.333. The Hall–Kier alpha value is -1.82. The zero-order chi connectivity index (χ0) is 16.2. The number of ether oxygens (including phenoxy) is 1. The lowest BCUT2D eigenvalue weighted by molar-refractivity contribution is -0.0329. The number of nitriles is 1. The van der Waals surface area contributed by atoms with Crippen LogP contribution in [0, 0.1) is 11.3 Å². The molecule has 0 saturated heterocycles. The van der Waals surface area contributed by atoms with Crippen LogP contribution in [0.15, 0.2) is 17.0 Å². The minimum atomic E-state index is -4.79. The predicted molar refractivity (Wildman–Crippen MR) is 64.0 cm³/mol. The number of hydrogen-bond acceptors (Lipinski definition) is 4. The largest absolute Gasteiger partial charge is 0.462 e. The van der Waals surface area contributed by atoms with Crippen LogP contribution in [-0.4, -0.2) is 18.1 Å². The van der Waals surface area contributed by atoms with Crippen molar-refractivity contribution in [1.82, 2.24) is 0 Å². The van der Waals surface area contributed by atoms with Crippen LogP contribution in [0.3, 0.4) is 0 Å². The summed E-state index contributed by atoms with van der Waals surface area (Å²) in [4.78, 5) is 10.7.